The zero-order chi connectivity index (χ0) is 20.6. The first kappa shape index (κ1) is 21.3. The number of hydrogen-bond acceptors (Lipinski definition) is 4. The minimum absolute atomic E-state index is 0.223. The van der Waals surface area contributed by atoms with Crippen LogP contribution in [-0.4, -0.2) is 44.8 Å². The summed E-state index contributed by atoms with van der Waals surface area (Å²) in [5, 5.41) is 6.64. The monoisotopic (exact) mass is 417 g/mol. The van der Waals surface area contributed by atoms with Gasteiger partial charge in [0.25, 0.3) is 0 Å². The second-order valence-corrected chi connectivity index (χ2v) is 7.65. The van der Waals surface area contributed by atoms with E-state index < -0.39 is 0 Å². The number of nitrogens with one attached hydrogen (secondary N) is 2. The number of anilines is 1. The number of urea groups is 1. The van der Waals surface area contributed by atoms with E-state index in [-0.39, 0.29) is 6.03 Å². The summed E-state index contributed by atoms with van der Waals surface area (Å²) in [6.07, 6.45) is 2.11. The zero-order valence-corrected chi connectivity index (χ0v) is 17.7. The van der Waals surface area contributed by atoms with Crippen LogP contribution in [0.1, 0.15) is 18.4 Å². The second kappa shape index (κ2) is 10.4. The molecule has 1 fully saturated rings. The van der Waals surface area contributed by atoms with Crippen LogP contribution >= 0.6 is 11.6 Å². The van der Waals surface area contributed by atoms with Crippen molar-refractivity contribution in [1.29, 1.82) is 0 Å². The first-order chi connectivity index (χ1) is 14.1. The number of ether oxygens (including phenoxy) is 2. The number of rotatable bonds is 7. The standard InChI is InChI=1S/C22H28ClN3O3/c1-28-19-11-18(12-20(13-19)29-2)25-22(27)24-14-16-7-9-26(10-8-16)15-17-5-3-4-6-21(17)23/h3-6,11-13,16H,7-10,14-15H2,1-2H3,(H2,24,25,27). The maximum atomic E-state index is 12.3. The van der Waals surface area contributed by atoms with Crippen molar-refractivity contribution in [3.8, 4) is 11.5 Å². The fourth-order valence-corrected chi connectivity index (χ4v) is 3.70. The molecule has 0 unspecified atom stereocenters. The van der Waals surface area contributed by atoms with Crippen molar-refractivity contribution in [2.75, 3.05) is 39.2 Å². The van der Waals surface area contributed by atoms with Crippen molar-refractivity contribution in [1.82, 2.24) is 10.2 Å². The molecule has 0 aliphatic carbocycles. The summed E-state index contributed by atoms with van der Waals surface area (Å²) >= 11 is 6.26. The number of halogens is 1. The van der Waals surface area contributed by atoms with E-state index in [9.17, 15) is 4.79 Å². The maximum absolute atomic E-state index is 12.3. The maximum Gasteiger partial charge on any atom is 0.319 e. The van der Waals surface area contributed by atoms with Crippen molar-refractivity contribution < 1.29 is 14.3 Å². The molecule has 0 radical (unpaired) electrons. The van der Waals surface area contributed by atoms with Gasteiger partial charge >= 0.3 is 6.03 Å². The molecule has 0 atom stereocenters. The molecule has 1 saturated heterocycles. The van der Waals surface area contributed by atoms with Crippen LogP contribution in [0.4, 0.5) is 10.5 Å². The number of hydrogen-bond donors (Lipinski definition) is 2. The van der Waals surface area contributed by atoms with Crippen molar-refractivity contribution in [3.63, 3.8) is 0 Å². The average molecular weight is 418 g/mol. The van der Waals surface area contributed by atoms with Gasteiger partial charge in [-0.15, -0.1) is 0 Å². The van der Waals surface area contributed by atoms with Crippen molar-refractivity contribution in [3.05, 3.63) is 53.1 Å². The molecule has 1 aliphatic heterocycles. The smallest absolute Gasteiger partial charge is 0.319 e. The van der Waals surface area contributed by atoms with E-state index in [0.717, 1.165) is 37.5 Å². The van der Waals surface area contributed by atoms with Gasteiger partial charge in [-0.05, 0) is 43.5 Å². The Morgan fingerprint density at radius 3 is 2.38 bits per heavy atom. The van der Waals surface area contributed by atoms with Crippen molar-refractivity contribution >= 4 is 23.3 Å². The molecule has 29 heavy (non-hydrogen) atoms. The Bertz CT molecular complexity index is 800. The third-order valence-corrected chi connectivity index (χ3v) is 5.59. The number of carbonyl (C=O) groups is 1. The van der Waals surface area contributed by atoms with Crippen LogP contribution in [0.25, 0.3) is 0 Å². The van der Waals surface area contributed by atoms with Gasteiger partial charge in [0.2, 0.25) is 0 Å². The molecule has 2 N–H and O–H groups in total. The van der Waals surface area contributed by atoms with Gasteiger partial charge in [0.1, 0.15) is 11.5 Å². The third-order valence-electron chi connectivity index (χ3n) is 5.22. The molecule has 0 aromatic heterocycles. The summed E-state index contributed by atoms with van der Waals surface area (Å²) < 4.78 is 10.5. The number of benzene rings is 2. The average Bonchev–Trinajstić information content (AvgIpc) is 2.74. The van der Waals surface area contributed by atoms with E-state index in [1.165, 1.54) is 5.56 Å². The third kappa shape index (κ3) is 6.27. The molecule has 0 spiro atoms. The summed E-state index contributed by atoms with van der Waals surface area (Å²) in [4.78, 5) is 14.7. The van der Waals surface area contributed by atoms with Crippen LogP contribution in [0, 0.1) is 5.92 Å². The largest absolute Gasteiger partial charge is 0.497 e. The lowest BCUT2D eigenvalue weighted by molar-refractivity contribution is 0.176. The molecule has 3 rings (SSSR count). The highest BCUT2D eigenvalue weighted by Crippen LogP contribution is 2.26. The summed E-state index contributed by atoms with van der Waals surface area (Å²) in [7, 11) is 3.16. The molecule has 2 amide bonds. The van der Waals surface area contributed by atoms with E-state index >= 15 is 0 Å². The molecule has 156 valence electrons. The lowest BCUT2D eigenvalue weighted by Crippen LogP contribution is -2.39. The van der Waals surface area contributed by atoms with E-state index in [0.29, 0.717) is 29.6 Å². The van der Waals surface area contributed by atoms with Crippen LogP contribution in [0.3, 0.4) is 0 Å². The van der Waals surface area contributed by atoms with Crippen LogP contribution in [-0.2, 0) is 6.54 Å². The molecule has 6 nitrogen and oxygen atoms in total. The Morgan fingerprint density at radius 2 is 1.76 bits per heavy atom. The van der Waals surface area contributed by atoms with Crippen LogP contribution in [0.5, 0.6) is 11.5 Å². The van der Waals surface area contributed by atoms with Gasteiger partial charge in [-0.2, -0.15) is 0 Å². The Morgan fingerprint density at radius 1 is 1.10 bits per heavy atom. The number of nitrogens with zero attached hydrogens (tertiary/aromatic N) is 1. The number of piperidine rings is 1. The minimum Gasteiger partial charge on any atom is -0.497 e. The molecule has 1 heterocycles. The predicted molar refractivity (Wildman–Crippen MR) is 116 cm³/mol. The zero-order valence-electron chi connectivity index (χ0n) is 16.9. The van der Waals surface area contributed by atoms with Crippen LogP contribution < -0.4 is 20.1 Å². The quantitative estimate of drug-likeness (QED) is 0.701. The number of amides is 2. The van der Waals surface area contributed by atoms with Gasteiger partial charge < -0.3 is 20.1 Å². The van der Waals surface area contributed by atoms with Crippen LogP contribution in [0.15, 0.2) is 42.5 Å². The van der Waals surface area contributed by atoms with Gasteiger partial charge in [-0.1, -0.05) is 29.8 Å². The molecule has 2 aromatic carbocycles. The van der Waals surface area contributed by atoms with Crippen molar-refractivity contribution in [2.45, 2.75) is 19.4 Å². The van der Waals surface area contributed by atoms with E-state index in [1.54, 1.807) is 32.4 Å². The first-order valence-corrected chi connectivity index (χ1v) is 10.2. The SMILES string of the molecule is COc1cc(NC(=O)NCC2CCN(Cc3ccccc3Cl)CC2)cc(OC)c1. The Labute approximate surface area is 177 Å². The van der Waals surface area contributed by atoms with Crippen LogP contribution in [0.2, 0.25) is 5.02 Å². The Balaban J connectivity index is 1.42. The number of carbonyl (C=O) groups excluding carboxylic acids is 1. The van der Waals surface area contributed by atoms with E-state index in [2.05, 4.69) is 21.6 Å². The fourth-order valence-electron chi connectivity index (χ4n) is 3.51. The van der Waals surface area contributed by atoms with E-state index in [4.69, 9.17) is 21.1 Å². The molecule has 0 saturated carbocycles. The lowest BCUT2D eigenvalue weighted by Gasteiger charge is -2.32. The Kier molecular flexibility index (Phi) is 7.61. The highest BCUT2D eigenvalue weighted by atomic mass is 35.5. The van der Waals surface area contributed by atoms with Gasteiger partial charge in [-0.25, -0.2) is 4.79 Å². The van der Waals surface area contributed by atoms with Gasteiger partial charge in [-0.3, -0.25) is 4.90 Å². The summed E-state index contributed by atoms with van der Waals surface area (Å²) in [6, 6.07) is 13.0. The topological polar surface area (TPSA) is 62.8 Å². The summed E-state index contributed by atoms with van der Waals surface area (Å²) in [5.41, 5.74) is 1.80. The number of likely N-dealkylation sites (tertiary alicyclic amines) is 1. The predicted octanol–water partition coefficient (Wildman–Crippen LogP) is 4.39. The molecule has 0 bridgehead atoms. The van der Waals surface area contributed by atoms with Gasteiger partial charge in [0, 0.05) is 42.0 Å². The summed E-state index contributed by atoms with van der Waals surface area (Å²) in [5.74, 6) is 1.74. The van der Waals surface area contributed by atoms with Gasteiger partial charge in [0.05, 0.1) is 14.2 Å². The highest BCUT2D eigenvalue weighted by Gasteiger charge is 2.20. The van der Waals surface area contributed by atoms with Crippen molar-refractivity contribution in [2.24, 2.45) is 5.92 Å². The lowest BCUT2D eigenvalue weighted by atomic mass is 9.96. The molecule has 7 heteroatoms. The first-order valence-electron chi connectivity index (χ1n) is 9.81. The molecule has 2 aromatic rings. The molecular formula is C22H28ClN3O3. The minimum atomic E-state index is -0.223. The second-order valence-electron chi connectivity index (χ2n) is 7.25. The normalized spacial score (nSPS) is 15.0. The van der Waals surface area contributed by atoms with Gasteiger partial charge in [0.15, 0.2) is 0 Å². The summed E-state index contributed by atoms with van der Waals surface area (Å²) in [6.45, 7) is 3.55. The fraction of sp³-hybridized carbons (Fsp3) is 0.409. The van der Waals surface area contributed by atoms with E-state index in [1.807, 2.05) is 18.2 Å². The highest BCUT2D eigenvalue weighted by molar-refractivity contribution is 6.31. The molecule has 1 aliphatic rings. The Hall–Kier alpha value is -2.44. The number of methoxy groups -OCH3 is 2. The molecular weight excluding hydrogens is 390 g/mol.